The lowest BCUT2D eigenvalue weighted by atomic mass is 10.0. The number of aromatic nitrogens is 3. The highest BCUT2D eigenvalue weighted by atomic mass is 19.1. The first kappa shape index (κ1) is 16.4. The summed E-state index contributed by atoms with van der Waals surface area (Å²) in [5.74, 6) is -0.399. The molecule has 4 rings (SSSR count). The van der Waals surface area contributed by atoms with E-state index in [1.807, 2.05) is 35.2 Å². The number of carbonyl (C=O) groups excluding carboxylic acids is 1. The fourth-order valence-electron chi connectivity index (χ4n) is 3.43. The maximum absolute atomic E-state index is 13.2. The van der Waals surface area contributed by atoms with Crippen LogP contribution >= 0.6 is 0 Å². The summed E-state index contributed by atoms with van der Waals surface area (Å²) in [6.07, 6.45) is 3.48. The molecular formula is C20H19FN4O. The van der Waals surface area contributed by atoms with Gasteiger partial charge in [0.2, 0.25) is 0 Å². The Morgan fingerprint density at radius 2 is 1.88 bits per heavy atom. The van der Waals surface area contributed by atoms with Gasteiger partial charge in [-0.2, -0.15) is 0 Å². The highest BCUT2D eigenvalue weighted by Gasteiger charge is 2.31. The lowest BCUT2D eigenvalue weighted by molar-refractivity contribution is 0.0729. The SMILES string of the molecule is O=C(c1cn(Cc2ccccc2)nn1)N1CCCC1c1ccc(F)cc1. The van der Waals surface area contributed by atoms with Crippen molar-refractivity contribution in [3.8, 4) is 0 Å². The van der Waals surface area contributed by atoms with Gasteiger partial charge in [0.05, 0.1) is 18.8 Å². The second-order valence-electron chi connectivity index (χ2n) is 6.50. The van der Waals surface area contributed by atoms with E-state index in [2.05, 4.69) is 10.3 Å². The predicted molar refractivity (Wildman–Crippen MR) is 95.0 cm³/mol. The van der Waals surface area contributed by atoms with Gasteiger partial charge in [-0.25, -0.2) is 9.07 Å². The number of carbonyl (C=O) groups is 1. The maximum Gasteiger partial charge on any atom is 0.276 e. The molecule has 2 heterocycles. The molecule has 0 N–H and O–H groups in total. The smallest absolute Gasteiger partial charge is 0.276 e. The highest BCUT2D eigenvalue weighted by Crippen LogP contribution is 2.32. The molecular weight excluding hydrogens is 331 g/mol. The molecule has 1 aliphatic heterocycles. The van der Waals surface area contributed by atoms with Crippen molar-refractivity contribution in [2.24, 2.45) is 0 Å². The molecule has 0 bridgehead atoms. The van der Waals surface area contributed by atoms with Crippen molar-refractivity contribution in [3.05, 3.63) is 83.4 Å². The van der Waals surface area contributed by atoms with Crippen molar-refractivity contribution >= 4 is 5.91 Å². The lowest BCUT2D eigenvalue weighted by Crippen LogP contribution is -2.30. The van der Waals surface area contributed by atoms with Gasteiger partial charge in [0.15, 0.2) is 5.69 Å². The minimum atomic E-state index is -0.270. The number of likely N-dealkylation sites (tertiary alicyclic amines) is 1. The van der Waals surface area contributed by atoms with Crippen LogP contribution in [0.1, 0.15) is 40.5 Å². The average Bonchev–Trinajstić information content (AvgIpc) is 3.32. The van der Waals surface area contributed by atoms with Gasteiger partial charge in [0.1, 0.15) is 5.82 Å². The number of nitrogens with zero attached hydrogens (tertiary/aromatic N) is 4. The van der Waals surface area contributed by atoms with E-state index in [4.69, 9.17) is 0 Å². The summed E-state index contributed by atoms with van der Waals surface area (Å²) >= 11 is 0. The Hall–Kier alpha value is -3.02. The van der Waals surface area contributed by atoms with E-state index >= 15 is 0 Å². The second-order valence-corrected chi connectivity index (χ2v) is 6.50. The molecule has 5 nitrogen and oxygen atoms in total. The van der Waals surface area contributed by atoms with E-state index in [1.54, 1.807) is 23.0 Å². The average molecular weight is 350 g/mol. The van der Waals surface area contributed by atoms with Crippen LogP contribution in [0.2, 0.25) is 0 Å². The third kappa shape index (κ3) is 3.35. The molecule has 1 amide bonds. The summed E-state index contributed by atoms with van der Waals surface area (Å²) in [7, 11) is 0. The van der Waals surface area contributed by atoms with Gasteiger partial charge in [0.25, 0.3) is 5.91 Å². The molecule has 0 saturated carbocycles. The Bertz CT molecular complexity index is 892. The van der Waals surface area contributed by atoms with Gasteiger partial charge in [-0.15, -0.1) is 5.10 Å². The highest BCUT2D eigenvalue weighted by molar-refractivity contribution is 5.92. The molecule has 1 aliphatic rings. The third-order valence-corrected chi connectivity index (χ3v) is 4.71. The van der Waals surface area contributed by atoms with E-state index in [0.717, 1.165) is 24.0 Å². The van der Waals surface area contributed by atoms with Gasteiger partial charge in [0, 0.05) is 6.54 Å². The number of amides is 1. The zero-order valence-corrected chi connectivity index (χ0v) is 14.3. The van der Waals surface area contributed by atoms with E-state index in [9.17, 15) is 9.18 Å². The minimum absolute atomic E-state index is 0.0395. The summed E-state index contributed by atoms with van der Waals surface area (Å²) in [5, 5.41) is 8.14. The Morgan fingerprint density at radius 1 is 1.12 bits per heavy atom. The Morgan fingerprint density at radius 3 is 2.65 bits per heavy atom. The second kappa shape index (κ2) is 7.07. The molecule has 1 aromatic heterocycles. The van der Waals surface area contributed by atoms with Crippen LogP contribution in [0.15, 0.2) is 60.8 Å². The summed E-state index contributed by atoms with van der Waals surface area (Å²) < 4.78 is 14.8. The Kier molecular flexibility index (Phi) is 4.48. The lowest BCUT2D eigenvalue weighted by Gasteiger charge is -2.24. The van der Waals surface area contributed by atoms with Gasteiger partial charge in [-0.1, -0.05) is 47.7 Å². The molecule has 1 fully saturated rings. The fourth-order valence-corrected chi connectivity index (χ4v) is 3.43. The first-order valence-corrected chi connectivity index (χ1v) is 8.71. The molecule has 0 spiro atoms. The number of rotatable bonds is 4. The molecule has 1 unspecified atom stereocenters. The van der Waals surface area contributed by atoms with Gasteiger partial charge in [-0.3, -0.25) is 4.79 Å². The number of hydrogen-bond donors (Lipinski definition) is 0. The summed E-state index contributed by atoms with van der Waals surface area (Å²) in [6, 6.07) is 16.2. The van der Waals surface area contributed by atoms with Gasteiger partial charge < -0.3 is 4.90 Å². The predicted octanol–water partition coefficient (Wildman–Crippen LogP) is 3.44. The first-order chi connectivity index (χ1) is 12.7. The van der Waals surface area contributed by atoms with Gasteiger partial charge >= 0.3 is 0 Å². The summed E-state index contributed by atoms with van der Waals surface area (Å²) in [5.41, 5.74) is 2.39. The number of benzene rings is 2. The van der Waals surface area contributed by atoms with Crippen LogP contribution in [-0.4, -0.2) is 32.3 Å². The normalized spacial score (nSPS) is 16.8. The van der Waals surface area contributed by atoms with Crippen LogP contribution in [-0.2, 0) is 6.54 Å². The molecule has 132 valence electrons. The van der Waals surface area contributed by atoms with Crippen LogP contribution in [0.4, 0.5) is 4.39 Å². The number of halogens is 1. The van der Waals surface area contributed by atoms with Crippen LogP contribution in [0.25, 0.3) is 0 Å². The number of hydrogen-bond acceptors (Lipinski definition) is 3. The van der Waals surface area contributed by atoms with Crippen LogP contribution in [0.3, 0.4) is 0 Å². The van der Waals surface area contributed by atoms with Crippen molar-refractivity contribution in [1.29, 1.82) is 0 Å². The van der Waals surface area contributed by atoms with E-state index in [1.165, 1.54) is 12.1 Å². The standard InChI is InChI=1S/C20H19FN4O/c21-17-10-8-16(9-11-17)19-7-4-12-25(19)20(26)18-14-24(23-22-18)13-15-5-2-1-3-6-15/h1-3,5-6,8-11,14,19H,4,7,12-13H2. The largest absolute Gasteiger partial charge is 0.330 e. The van der Waals surface area contributed by atoms with Crippen LogP contribution in [0, 0.1) is 5.82 Å². The molecule has 2 aromatic carbocycles. The van der Waals surface area contributed by atoms with E-state index < -0.39 is 0 Å². The van der Waals surface area contributed by atoms with Crippen molar-refractivity contribution in [2.45, 2.75) is 25.4 Å². The Balaban J connectivity index is 1.51. The minimum Gasteiger partial charge on any atom is -0.330 e. The van der Waals surface area contributed by atoms with Crippen molar-refractivity contribution < 1.29 is 9.18 Å². The van der Waals surface area contributed by atoms with E-state index in [0.29, 0.717) is 18.8 Å². The van der Waals surface area contributed by atoms with Crippen molar-refractivity contribution in [3.63, 3.8) is 0 Å². The molecule has 0 aliphatic carbocycles. The van der Waals surface area contributed by atoms with Crippen LogP contribution in [0.5, 0.6) is 0 Å². The summed E-state index contributed by atoms with van der Waals surface area (Å²) in [4.78, 5) is 14.7. The quantitative estimate of drug-likeness (QED) is 0.724. The molecule has 0 radical (unpaired) electrons. The molecule has 1 saturated heterocycles. The summed E-state index contributed by atoms with van der Waals surface area (Å²) in [6.45, 7) is 1.24. The first-order valence-electron chi connectivity index (χ1n) is 8.71. The molecule has 1 atom stereocenters. The molecule has 6 heteroatoms. The zero-order chi connectivity index (χ0) is 17.9. The van der Waals surface area contributed by atoms with Crippen LogP contribution < -0.4 is 0 Å². The third-order valence-electron chi connectivity index (χ3n) is 4.71. The van der Waals surface area contributed by atoms with E-state index in [-0.39, 0.29) is 17.8 Å². The fraction of sp³-hybridized carbons (Fsp3) is 0.250. The van der Waals surface area contributed by atoms with Crippen molar-refractivity contribution in [1.82, 2.24) is 19.9 Å². The maximum atomic E-state index is 13.2. The zero-order valence-electron chi connectivity index (χ0n) is 14.3. The monoisotopic (exact) mass is 350 g/mol. The topological polar surface area (TPSA) is 51.0 Å². The molecule has 3 aromatic rings. The molecule has 26 heavy (non-hydrogen) atoms. The van der Waals surface area contributed by atoms with Crippen molar-refractivity contribution in [2.75, 3.05) is 6.54 Å². The Labute approximate surface area is 151 Å². The van der Waals surface area contributed by atoms with Gasteiger partial charge in [-0.05, 0) is 36.1 Å².